The van der Waals surface area contributed by atoms with Gasteiger partial charge in [-0.15, -0.1) is 0 Å². The summed E-state index contributed by atoms with van der Waals surface area (Å²) >= 11 is 0. The smallest absolute Gasteiger partial charge is 0.0352 e. The first-order valence-electron chi connectivity index (χ1n) is 8.06. The summed E-state index contributed by atoms with van der Waals surface area (Å²) in [7, 11) is 0. The van der Waals surface area contributed by atoms with Crippen LogP contribution in [-0.2, 0) is 0 Å². The zero-order chi connectivity index (χ0) is 13.0. The van der Waals surface area contributed by atoms with E-state index in [0.717, 1.165) is 35.5 Å². The quantitative estimate of drug-likeness (QED) is 0.570. The van der Waals surface area contributed by atoms with E-state index in [1.165, 1.54) is 32.1 Å². The van der Waals surface area contributed by atoms with Gasteiger partial charge in [-0.1, -0.05) is 67.2 Å². The topological polar surface area (TPSA) is 0 Å². The Hall–Kier alpha value is 0. The Kier molecular flexibility index (Phi) is 6.03. The van der Waals surface area contributed by atoms with E-state index in [1.807, 2.05) is 0 Å². The lowest BCUT2D eigenvalue weighted by Crippen LogP contribution is -2.40. The molecule has 102 valence electrons. The summed E-state index contributed by atoms with van der Waals surface area (Å²) in [6.45, 7) is 14.6. The second-order valence-corrected chi connectivity index (χ2v) is 6.65. The summed E-state index contributed by atoms with van der Waals surface area (Å²) in [5.41, 5.74) is 0. The van der Waals surface area contributed by atoms with Gasteiger partial charge in [0.25, 0.3) is 0 Å². The minimum absolute atomic E-state index is 0.926. The van der Waals surface area contributed by atoms with Crippen LogP contribution in [0.25, 0.3) is 0 Å². The predicted octanol–water partition coefficient (Wildman–Crippen LogP) is 5.77. The Bertz CT molecular complexity index is 208. The SMILES string of the molecule is CCCC1C(C(C)CC)CC(C)C(C)C1CC. The second-order valence-electron chi connectivity index (χ2n) is 6.65. The number of rotatable bonds is 5. The molecule has 0 N–H and O–H groups in total. The van der Waals surface area contributed by atoms with E-state index in [1.54, 1.807) is 0 Å². The van der Waals surface area contributed by atoms with Gasteiger partial charge >= 0.3 is 0 Å². The third kappa shape index (κ3) is 3.26. The third-order valence-corrected chi connectivity index (χ3v) is 5.79. The molecule has 1 saturated carbocycles. The largest absolute Gasteiger partial charge is 0.0654 e. The predicted molar refractivity (Wildman–Crippen MR) is 78.1 cm³/mol. The van der Waals surface area contributed by atoms with Crippen molar-refractivity contribution in [3.05, 3.63) is 0 Å². The first-order valence-corrected chi connectivity index (χ1v) is 8.06. The molecule has 1 aliphatic carbocycles. The molecule has 0 aliphatic heterocycles. The van der Waals surface area contributed by atoms with Gasteiger partial charge in [0.05, 0.1) is 0 Å². The van der Waals surface area contributed by atoms with Crippen LogP contribution in [0.2, 0.25) is 0 Å². The summed E-state index contributed by atoms with van der Waals surface area (Å²) in [5, 5.41) is 0. The van der Waals surface area contributed by atoms with Crippen molar-refractivity contribution in [2.75, 3.05) is 0 Å². The van der Waals surface area contributed by atoms with Gasteiger partial charge in [0.1, 0.15) is 0 Å². The summed E-state index contributed by atoms with van der Waals surface area (Å²) in [5.74, 6) is 5.79. The molecule has 17 heavy (non-hydrogen) atoms. The van der Waals surface area contributed by atoms with E-state index in [9.17, 15) is 0 Å². The van der Waals surface area contributed by atoms with Crippen LogP contribution in [0.3, 0.4) is 0 Å². The number of hydrogen-bond acceptors (Lipinski definition) is 0. The van der Waals surface area contributed by atoms with Crippen molar-refractivity contribution in [3.63, 3.8) is 0 Å². The van der Waals surface area contributed by atoms with Crippen molar-refractivity contribution in [3.8, 4) is 0 Å². The van der Waals surface area contributed by atoms with Gasteiger partial charge < -0.3 is 0 Å². The van der Waals surface area contributed by atoms with E-state index in [4.69, 9.17) is 0 Å². The molecule has 0 bridgehead atoms. The molecule has 1 fully saturated rings. The lowest BCUT2D eigenvalue weighted by atomic mass is 9.58. The fourth-order valence-electron chi connectivity index (χ4n) is 4.34. The molecule has 0 nitrogen and oxygen atoms in total. The van der Waals surface area contributed by atoms with Crippen LogP contribution in [0.4, 0.5) is 0 Å². The molecule has 0 aromatic heterocycles. The summed E-state index contributed by atoms with van der Waals surface area (Å²) < 4.78 is 0. The molecule has 0 spiro atoms. The standard InChI is InChI=1S/C17H34/c1-7-10-16-15(9-3)14(6)13(5)11-17(16)12(4)8-2/h12-17H,7-11H2,1-6H3. The summed E-state index contributed by atoms with van der Waals surface area (Å²) in [6, 6.07) is 0. The Labute approximate surface area is 110 Å². The maximum atomic E-state index is 2.51. The first-order chi connectivity index (χ1) is 8.06. The molecular weight excluding hydrogens is 204 g/mol. The second kappa shape index (κ2) is 6.81. The lowest BCUT2D eigenvalue weighted by molar-refractivity contribution is 0.0170. The van der Waals surface area contributed by atoms with Crippen molar-refractivity contribution in [2.24, 2.45) is 35.5 Å². The average Bonchev–Trinajstić information content (AvgIpc) is 2.33. The van der Waals surface area contributed by atoms with Gasteiger partial charge in [-0.2, -0.15) is 0 Å². The fourth-order valence-corrected chi connectivity index (χ4v) is 4.34. The molecule has 0 radical (unpaired) electrons. The monoisotopic (exact) mass is 238 g/mol. The van der Waals surface area contributed by atoms with Gasteiger partial charge in [0, 0.05) is 0 Å². The molecule has 0 heteroatoms. The van der Waals surface area contributed by atoms with Gasteiger partial charge in [-0.3, -0.25) is 0 Å². The Morgan fingerprint density at radius 3 is 2.18 bits per heavy atom. The van der Waals surface area contributed by atoms with E-state index < -0.39 is 0 Å². The maximum Gasteiger partial charge on any atom is -0.0352 e. The van der Waals surface area contributed by atoms with E-state index in [2.05, 4.69) is 41.5 Å². The molecule has 1 aliphatic rings. The minimum atomic E-state index is 0.926. The normalized spacial score (nSPS) is 40.2. The minimum Gasteiger partial charge on any atom is -0.0654 e. The highest BCUT2D eigenvalue weighted by atomic mass is 14.5. The van der Waals surface area contributed by atoms with E-state index in [-0.39, 0.29) is 0 Å². The van der Waals surface area contributed by atoms with Crippen LogP contribution < -0.4 is 0 Å². The molecule has 1 rings (SSSR count). The van der Waals surface area contributed by atoms with Crippen LogP contribution in [0, 0.1) is 35.5 Å². The van der Waals surface area contributed by atoms with Crippen LogP contribution in [0.1, 0.15) is 73.6 Å². The fraction of sp³-hybridized carbons (Fsp3) is 1.00. The maximum absolute atomic E-state index is 2.51. The van der Waals surface area contributed by atoms with Gasteiger partial charge in [0.15, 0.2) is 0 Å². The van der Waals surface area contributed by atoms with Crippen molar-refractivity contribution in [1.82, 2.24) is 0 Å². The van der Waals surface area contributed by atoms with Crippen LogP contribution >= 0.6 is 0 Å². The lowest BCUT2D eigenvalue weighted by Gasteiger charge is -2.47. The van der Waals surface area contributed by atoms with Crippen LogP contribution in [-0.4, -0.2) is 0 Å². The van der Waals surface area contributed by atoms with Gasteiger partial charge in [0.2, 0.25) is 0 Å². The summed E-state index contributed by atoms with van der Waals surface area (Å²) in [6.07, 6.45) is 7.07. The van der Waals surface area contributed by atoms with Gasteiger partial charge in [-0.25, -0.2) is 0 Å². The van der Waals surface area contributed by atoms with Gasteiger partial charge in [-0.05, 0) is 41.9 Å². The highest BCUT2D eigenvalue weighted by Gasteiger charge is 2.40. The molecule has 0 amide bonds. The zero-order valence-electron chi connectivity index (χ0n) is 13.0. The molecule has 0 aromatic rings. The highest BCUT2D eigenvalue weighted by Crippen LogP contribution is 2.48. The van der Waals surface area contributed by atoms with E-state index in [0.29, 0.717) is 0 Å². The summed E-state index contributed by atoms with van der Waals surface area (Å²) in [4.78, 5) is 0. The Morgan fingerprint density at radius 2 is 1.71 bits per heavy atom. The molecule has 6 atom stereocenters. The average molecular weight is 238 g/mol. The molecule has 0 heterocycles. The Morgan fingerprint density at radius 1 is 1.06 bits per heavy atom. The van der Waals surface area contributed by atoms with Crippen LogP contribution in [0.15, 0.2) is 0 Å². The van der Waals surface area contributed by atoms with Crippen molar-refractivity contribution in [1.29, 1.82) is 0 Å². The zero-order valence-corrected chi connectivity index (χ0v) is 13.0. The molecular formula is C17H34. The van der Waals surface area contributed by atoms with Crippen molar-refractivity contribution < 1.29 is 0 Å². The Balaban J connectivity index is 2.86. The van der Waals surface area contributed by atoms with Crippen LogP contribution in [0.5, 0.6) is 0 Å². The molecule has 0 aromatic carbocycles. The highest BCUT2D eigenvalue weighted by molar-refractivity contribution is 4.89. The number of hydrogen-bond donors (Lipinski definition) is 0. The third-order valence-electron chi connectivity index (χ3n) is 5.79. The first kappa shape index (κ1) is 15.1. The van der Waals surface area contributed by atoms with E-state index >= 15 is 0 Å². The molecule has 6 unspecified atom stereocenters. The van der Waals surface area contributed by atoms with Crippen molar-refractivity contribution >= 4 is 0 Å². The van der Waals surface area contributed by atoms with Crippen molar-refractivity contribution in [2.45, 2.75) is 73.6 Å². The molecule has 0 saturated heterocycles.